The number of hydrogen-bond donors (Lipinski definition) is 2. The Morgan fingerprint density at radius 3 is 3.00 bits per heavy atom. The minimum absolute atomic E-state index is 0.00646. The van der Waals surface area contributed by atoms with E-state index in [-0.39, 0.29) is 24.5 Å². The summed E-state index contributed by atoms with van der Waals surface area (Å²) in [4.78, 5) is 22.6. The summed E-state index contributed by atoms with van der Waals surface area (Å²) in [5.41, 5.74) is 4.52. The molecule has 0 spiro atoms. The Bertz CT molecular complexity index is 980. The molecular weight excluding hydrogens is 354 g/mol. The summed E-state index contributed by atoms with van der Waals surface area (Å²) in [5.74, 6) is 0.0638. The summed E-state index contributed by atoms with van der Waals surface area (Å²) >= 11 is 0. The monoisotopic (exact) mass is 379 g/mol. The largest absolute Gasteiger partial charge is 0.392 e. The van der Waals surface area contributed by atoms with Crippen LogP contribution in [-0.4, -0.2) is 51.7 Å². The van der Waals surface area contributed by atoms with Crippen molar-refractivity contribution in [3.8, 4) is 0 Å². The van der Waals surface area contributed by atoms with Crippen LogP contribution in [0.1, 0.15) is 40.0 Å². The van der Waals surface area contributed by atoms with Crippen LogP contribution in [-0.2, 0) is 11.3 Å². The van der Waals surface area contributed by atoms with E-state index >= 15 is 0 Å². The van der Waals surface area contributed by atoms with Crippen molar-refractivity contribution in [2.45, 2.75) is 32.4 Å². The summed E-state index contributed by atoms with van der Waals surface area (Å²) in [7, 11) is 0. The van der Waals surface area contributed by atoms with Crippen molar-refractivity contribution in [3.05, 3.63) is 65.1 Å². The molecule has 4 rings (SSSR count). The number of hydrogen-bond acceptors (Lipinski definition) is 4. The molecule has 2 aromatic heterocycles. The van der Waals surface area contributed by atoms with E-state index in [4.69, 9.17) is 4.74 Å². The average molecular weight is 379 g/mol. The number of ether oxygens (including phenoxy) is 1. The first-order valence-electron chi connectivity index (χ1n) is 9.60. The highest BCUT2D eigenvalue weighted by Gasteiger charge is 2.33. The SMILES string of the molecule is Cc1ccc(C(=O)N2CCOCC2C(C)c2c[nH]c3ccc(CO)cc23)cn1. The van der Waals surface area contributed by atoms with Gasteiger partial charge in [-0.3, -0.25) is 9.78 Å². The maximum absolute atomic E-state index is 13.1. The van der Waals surface area contributed by atoms with Gasteiger partial charge in [-0.05, 0) is 42.3 Å². The minimum Gasteiger partial charge on any atom is -0.392 e. The molecule has 2 N–H and O–H groups in total. The van der Waals surface area contributed by atoms with Crippen LogP contribution in [0.15, 0.2) is 42.7 Å². The molecule has 0 bridgehead atoms. The number of nitrogens with one attached hydrogen (secondary N) is 1. The third kappa shape index (κ3) is 3.41. The molecule has 3 heterocycles. The van der Waals surface area contributed by atoms with E-state index in [0.717, 1.165) is 27.7 Å². The lowest BCUT2D eigenvalue weighted by molar-refractivity contribution is -0.00831. The maximum atomic E-state index is 13.1. The highest BCUT2D eigenvalue weighted by Crippen LogP contribution is 2.32. The van der Waals surface area contributed by atoms with Gasteiger partial charge in [-0.2, -0.15) is 0 Å². The zero-order chi connectivity index (χ0) is 19.7. The van der Waals surface area contributed by atoms with Crippen molar-refractivity contribution in [1.82, 2.24) is 14.9 Å². The van der Waals surface area contributed by atoms with Gasteiger partial charge in [0.15, 0.2) is 0 Å². The van der Waals surface area contributed by atoms with E-state index in [1.807, 2.05) is 48.4 Å². The van der Waals surface area contributed by atoms with E-state index in [9.17, 15) is 9.90 Å². The number of morpholine rings is 1. The van der Waals surface area contributed by atoms with Crippen molar-refractivity contribution < 1.29 is 14.6 Å². The second kappa shape index (κ2) is 7.73. The highest BCUT2D eigenvalue weighted by molar-refractivity contribution is 5.94. The molecule has 3 aromatic rings. The number of carbonyl (C=O) groups excluding carboxylic acids is 1. The Balaban J connectivity index is 1.65. The van der Waals surface area contributed by atoms with E-state index in [0.29, 0.717) is 25.3 Å². The molecule has 6 nitrogen and oxygen atoms in total. The van der Waals surface area contributed by atoms with Gasteiger partial charge in [0.25, 0.3) is 5.91 Å². The number of aromatic nitrogens is 2. The van der Waals surface area contributed by atoms with Gasteiger partial charge in [-0.25, -0.2) is 0 Å². The van der Waals surface area contributed by atoms with Crippen LogP contribution in [0.25, 0.3) is 10.9 Å². The van der Waals surface area contributed by atoms with Gasteiger partial charge < -0.3 is 19.7 Å². The predicted octanol–water partition coefficient (Wildman–Crippen LogP) is 3.01. The summed E-state index contributed by atoms with van der Waals surface area (Å²) in [6.45, 7) is 5.64. The number of H-pyrrole nitrogens is 1. The quantitative estimate of drug-likeness (QED) is 0.730. The standard InChI is InChI=1S/C22H25N3O3/c1-14-3-5-17(10-23-14)22(27)25-7-8-28-13-21(25)15(2)19-11-24-20-6-4-16(12-26)9-18(19)20/h3-6,9-11,15,21,24,26H,7-8,12-13H2,1-2H3. The summed E-state index contributed by atoms with van der Waals surface area (Å²) in [5, 5.41) is 10.6. The zero-order valence-corrected chi connectivity index (χ0v) is 16.2. The van der Waals surface area contributed by atoms with E-state index in [1.54, 1.807) is 6.20 Å². The molecule has 6 heteroatoms. The second-order valence-electron chi connectivity index (χ2n) is 7.40. The number of benzene rings is 1. The van der Waals surface area contributed by atoms with Gasteiger partial charge >= 0.3 is 0 Å². The number of aliphatic hydroxyl groups is 1. The van der Waals surface area contributed by atoms with E-state index < -0.39 is 0 Å². The topological polar surface area (TPSA) is 78.5 Å². The first kappa shape index (κ1) is 18.7. The van der Waals surface area contributed by atoms with Crippen molar-refractivity contribution in [2.24, 2.45) is 0 Å². The van der Waals surface area contributed by atoms with Gasteiger partial charge in [0.2, 0.25) is 0 Å². The summed E-state index contributed by atoms with van der Waals surface area (Å²) < 4.78 is 5.73. The molecule has 28 heavy (non-hydrogen) atoms. The molecule has 146 valence electrons. The molecule has 1 aromatic carbocycles. The molecule has 1 amide bonds. The fourth-order valence-corrected chi connectivity index (χ4v) is 3.92. The third-order valence-corrected chi connectivity index (χ3v) is 5.61. The van der Waals surface area contributed by atoms with Crippen LogP contribution in [0.2, 0.25) is 0 Å². The first-order chi connectivity index (χ1) is 13.6. The molecule has 2 atom stereocenters. The second-order valence-corrected chi connectivity index (χ2v) is 7.40. The molecular formula is C22H25N3O3. The summed E-state index contributed by atoms with van der Waals surface area (Å²) in [6, 6.07) is 9.53. The number of pyridine rings is 1. The van der Waals surface area contributed by atoms with E-state index in [2.05, 4.69) is 16.9 Å². The normalized spacial score (nSPS) is 18.4. The van der Waals surface area contributed by atoms with Crippen molar-refractivity contribution in [1.29, 1.82) is 0 Å². The van der Waals surface area contributed by atoms with Crippen LogP contribution < -0.4 is 0 Å². The minimum atomic E-state index is -0.0701. The number of aryl methyl sites for hydroxylation is 1. The molecule has 2 unspecified atom stereocenters. The lowest BCUT2D eigenvalue weighted by Gasteiger charge is -2.39. The van der Waals surface area contributed by atoms with Crippen LogP contribution in [0, 0.1) is 6.92 Å². The molecule has 1 fully saturated rings. The van der Waals surface area contributed by atoms with Gasteiger partial charge in [0, 0.05) is 41.5 Å². The lowest BCUT2D eigenvalue weighted by Crippen LogP contribution is -2.51. The Morgan fingerprint density at radius 2 is 2.25 bits per heavy atom. The third-order valence-electron chi connectivity index (χ3n) is 5.61. The Kier molecular flexibility index (Phi) is 5.15. The van der Waals surface area contributed by atoms with Crippen LogP contribution in [0.3, 0.4) is 0 Å². The fourth-order valence-electron chi connectivity index (χ4n) is 3.92. The average Bonchev–Trinajstić information content (AvgIpc) is 3.16. The lowest BCUT2D eigenvalue weighted by atomic mass is 9.90. The molecule has 1 saturated heterocycles. The van der Waals surface area contributed by atoms with Crippen LogP contribution >= 0.6 is 0 Å². The highest BCUT2D eigenvalue weighted by atomic mass is 16.5. The number of carbonyl (C=O) groups is 1. The van der Waals surface area contributed by atoms with E-state index in [1.165, 1.54) is 0 Å². The smallest absolute Gasteiger partial charge is 0.255 e. The molecule has 0 aliphatic carbocycles. The van der Waals surface area contributed by atoms with Crippen molar-refractivity contribution >= 4 is 16.8 Å². The Hall–Kier alpha value is -2.70. The number of nitrogens with zero attached hydrogens (tertiary/aromatic N) is 2. The number of rotatable bonds is 4. The van der Waals surface area contributed by atoms with Gasteiger partial charge in [-0.1, -0.05) is 13.0 Å². The van der Waals surface area contributed by atoms with Gasteiger partial charge in [0.1, 0.15) is 0 Å². The van der Waals surface area contributed by atoms with Gasteiger partial charge in [-0.15, -0.1) is 0 Å². The van der Waals surface area contributed by atoms with Gasteiger partial charge in [0.05, 0.1) is 31.4 Å². The first-order valence-corrected chi connectivity index (χ1v) is 9.60. The van der Waals surface area contributed by atoms with Crippen molar-refractivity contribution in [3.63, 3.8) is 0 Å². The number of aliphatic hydroxyl groups excluding tert-OH is 1. The maximum Gasteiger partial charge on any atom is 0.255 e. The number of amides is 1. The van der Waals surface area contributed by atoms with Crippen LogP contribution in [0.5, 0.6) is 0 Å². The molecule has 0 radical (unpaired) electrons. The molecule has 1 aliphatic heterocycles. The fraction of sp³-hybridized carbons (Fsp3) is 0.364. The Morgan fingerprint density at radius 1 is 1.39 bits per heavy atom. The Labute approximate surface area is 164 Å². The van der Waals surface area contributed by atoms with Crippen LogP contribution in [0.4, 0.5) is 0 Å². The molecule has 1 aliphatic rings. The molecule has 0 saturated carbocycles. The number of fused-ring (bicyclic) bond motifs is 1. The predicted molar refractivity (Wildman–Crippen MR) is 107 cm³/mol. The zero-order valence-electron chi connectivity index (χ0n) is 16.2. The van der Waals surface area contributed by atoms with Crippen molar-refractivity contribution in [2.75, 3.05) is 19.8 Å². The number of aromatic amines is 1. The summed E-state index contributed by atoms with van der Waals surface area (Å²) in [6.07, 6.45) is 3.65.